The number of ether oxygens (including phenoxy) is 1. The van der Waals surface area contributed by atoms with Crippen LogP contribution in [0.15, 0.2) is 27.8 Å². The van der Waals surface area contributed by atoms with E-state index in [1.165, 1.54) is 12.1 Å². The van der Waals surface area contributed by atoms with Crippen molar-refractivity contribution in [1.29, 1.82) is 0 Å². The number of hydrogen-bond acceptors (Lipinski definition) is 7. The van der Waals surface area contributed by atoms with Gasteiger partial charge in [0, 0.05) is 6.26 Å². The van der Waals surface area contributed by atoms with Crippen molar-refractivity contribution < 1.29 is 22.2 Å². The summed E-state index contributed by atoms with van der Waals surface area (Å²) in [5, 5.41) is 6.91. The summed E-state index contributed by atoms with van der Waals surface area (Å²) >= 11 is 5.65. The minimum Gasteiger partial charge on any atom is -0.473 e. The second-order valence-corrected chi connectivity index (χ2v) is 7.16. The molecule has 0 spiro atoms. The highest BCUT2D eigenvalue weighted by molar-refractivity contribution is 7.90. The molecule has 1 heterocycles. The molecule has 11 heteroatoms. The predicted molar refractivity (Wildman–Crippen MR) is 81.3 cm³/mol. The quantitative estimate of drug-likeness (QED) is 0.607. The molecule has 0 radical (unpaired) electrons. The van der Waals surface area contributed by atoms with Crippen molar-refractivity contribution in [3.8, 4) is 5.88 Å². The van der Waals surface area contributed by atoms with Gasteiger partial charge >= 0.3 is 0 Å². The van der Waals surface area contributed by atoms with Crippen LogP contribution in [0.25, 0.3) is 0 Å². The van der Waals surface area contributed by atoms with Crippen LogP contribution in [0.4, 0.5) is 10.1 Å². The average Bonchev–Trinajstić information content (AvgIpc) is 2.90. The lowest BCUT2D eigenvalue weighted by Crippen LogP contribution is -2.17. The topological polar surface area (TPSA) is 121 Å². The maximum atomic E-state index is 13.1. The summed E-state index contributed by atoms with van der Waals surface area (Å²) in [4.78, 5) is 4.00. The molecule has 0 aliphatic carbocycles. The SMILES string of the molecule is CS(=O)(=O)CCOc1nonc1C(N)=Nc1ccc(F)c(Cl)c1. The smallest absolute Gasteiger partial charge is 0.287 e. The fourth-order valence-corrected chi connectivity index (χ4v) is 2.03. The van der Waals surface area contributed by atoms with Gasteiger partial charge in [-0.15, -0.1) is 0 Å². The van der Waals surface area contributed by atoms with E-state index in [9.17, 15) is 12.8 Å². The molecule has 2 aromatic rings. The Morgan fingerprint density at radius 3 is 2.87 bits per heavy atom. The summed E-state index contributed by atoms with van der Waals surface area (Å²) in [6, 6.07) is 3.78. The van der Waals surface area contributed by atoms with Crippen LogP contribution >= 0.6 is 11.6 Å². The van der Waals surface area contributed by atoms with Gasteiger partial charge in [0.05, 0.1) is 16.5 Å². The average molecular weight is 363 g/mol. The van der Waals surface area contributed by atoms with Crippen molar-refractivity contribution in [2.45, 2.75) is 0 Å². The van der Waals surface area contributed by atoms with Gasteiger partial charge in [-0.3, -0.25) is 0 Å². The highest BCUT2D eigenvalue weighted by atomic mass is 35.5. The van der Waals surface area contributed by atoms with Gasteiger partial charge in [-0.05, 0) is 28.5 Å². The van der Waals surface area contributed by atoms with E-state index in [4.69, 9.17) is 22.1 Å². The van der Waals surface area contributed by atoms with E-state index in [2.05, 4.69) is 19.9 Å². The molecule has 0 unspecified atom stereocenters. The molecule has 2 N–H and O–H groups in total. The zero-order valence-electron chi connectivity index (χ0n) is 11.9. The lowest BCUT2D eigenvalue weighted by atomic mass is 10.3. The normalized spacial score (nSPS) is 12.4. The molecule has 0 saturated carbocycles. The molecule has 0 atom stereocenters. The fourth-order valence-electron chi connectivity index (χ4n) is 1.47. The summed E-state index contributed by atoms with van der Waals surface area (Å²) in [7, 11) is -3.18. The van der Waals surface area contributed by atoms with E-state index < -0.39 is 15.7 Å². The first-order valence-electron chi connectivity index (χ1n) is 6.19. The molecule has 0 bridgehead atoms. The fraction of sp³-hybridized carbons (Fsp3) is 0.250. The lowest BCUT2D eigenvalue weighted by molar-refractivity contribution is 0.264. The molecule has 2 rings (SSSR count). The van der Waals surface area contributed by atoms with E-state index in [0.717, 1.165) is 12.3 Å². The number of nitrogens with zero attached hydrogens (tertiary/aromatic N) is 3. The molecule has 0 amide bonds. The molecule has 1 aromatic carbocycles. The van der Waals surface area contributed by atoms with Crippen LogP contribution < -0.4 is 10.5 Å². The number of nitrogens with two attached hydrogens (primary N) is 1. The Hall–Kier alpha value is -2.20. The van der Waals surface area contributed by atoms with Crippen molar-refractivity contribution in [2.24, 2.45) is 10.7 Å². The number of benzene rings is 1. The molecule has 0 aliphatic rings. The zero-order chi connectivity index (χ0) is 17.0. The first-order valence-corrected chi connectivity index (χ1v) is 8.63. The Bertz CT molecular complexity index is 837. The van der Waals surface area contributed by atoms with Gasteiger partial charge in [-0.1, -0.05) is 11.6 Å². The van der Waals surface area contributed by atoms with Gasteiger partial charge in [-0.25, -0.2) is 22.4 Å². The van der Waals surface area contributed by atoms with Gasteiger partial charge in [0.15, 0.2) is 15.7 Å². The molecule has 1 aromatic heterocycles. The maximum Gasteiger partial charge on any atom is 0.287 e. The number of amidine groups is 1. The zero-order valence-corrected chi connectivity index (χ0v) is 13.4. The molecular weight excluding hydrogens is 351 g/mol. The van der Waals surface area contributed by atoms with E-state index in [1.807, 2.05) is 0 Å². The molecule has 0 aliphatic heterocycles. The van der Waals surface area contributed by atoms with Crippen molar-refractivity contribution in [2.75, 3.05) is 18.6 Å². The second kappa shape index (κ2) is 6.92. The third kappa shape index (κ3) is 4.89. The number of aliphatic imine (C=N–C) groups is 1. The van der Waals surface area contributed by atoms with Crippen molar-refractivity contribution in [3.63, 3.8) is 0 Å². The maximum absolute atomic E-state index is 13.1. The predicted octanol–water partition coefficient (Wildman–Crippen LogP) is 1.32. The third-order valence-corrected chi connectivity index (χ3v) is 3.74. The van der Waals surface area contributed by atoms with Crippen molar-refractivity contribution in [3.05, 3.63) is 34.7 Å². The number of sulfone groups is 1. The summed E-state index contributed by atoms with van der Waals surface area (Å²) in [5.41, 5.74) is 6.06. The summed E-state index contributed by atoms with van der Waals surface area (Å²) in [5.74, 6) is -0.993. The molecular formula is C12H12ClFN4O4S. The number of aromatic nitrogens is 2. The number of halogens is 2. The first-order chi connectivity index (χ1) is 10.8. The summed E-state index contributed by atoms with van der Waals surface area (Å²) < 4.78 is 44.9. The largest absolute Gasteiger partial charge is 0.473 e. The Morgan fingerprint density at radius 1 is 1.48 bits per heavy atom. The molecule has 124 valence electrons. The van der Waals surface area contributed by atoms with Crippen LogP contribution in [0.5, 0.6) is 5.88 Å². The van der Waals surface area contributed by atoms with Crippen LogP contribution in [-0.4, -0.2) is 43.2 Å². The Labute approximate surface area is 136 Å². The summed E-state index contributed by atoms with van der Waals surface area (Å²) in [6.45, 7) is -0.143. The third-order valence-electron chi connectivity index (χ3n) is 2.55. The van der Waals surface area contributed by atoms with Crippen molar-refractivity contribution in [1.82, 2.24) is 10.3 Å². The van der Waals surface area contributed by atoms with Crippen LogP contribution in [0, 0.1) is 5.82 Å². The van der Waals surface area contributed by atoms with Gasteiger partial charge in [-0.2, -0.15) is 0 Å². The minimum atomic E-state index is -3.18. The van der Waals surface area contributed by atoms with Gasteiger partial charge in [0.1, 0.15) is 12.4 Å². The van der Waals surface area contributed by atoms with E-state index in [0.29, 0.717) is 5.69 Å². The van der Waals surface area contributed by atoms with E-state index in [-0.39, 0.29) is 34.8 Å². The number of rotatable bonds is 6. The van der Waals surface area contributed by atoms with Crippen LogP contribution in [0.2, 0.25) is 5.02 Å². The minimum absolute atomic E-state index is 0.000974. The van der Waals surface area contributed by atoms with Gasteiger partial charge in [0.2, 0.25) is 5.69 Å². The highest BCUT2D eigenvalue weighted by Gasteiger charge is 2.16. The van der Waals surface area contributed by atoms with E-state index in [1.54, 1.807) is 0 Å². The second-order valence-electron chi connectivity index (χ2n) is 4.49. The van der Waals surface area contributed by atoms with Gasteiger partial charge in [0.25, 0.3) is 5.88 Å². The first kappa shape index (κ1) is 17.2. The Kier molecular flexibility index (Phi) is 5.16. The molecule has 23 heavy (non-hydrogen) atoms. The highest BCUT2D eigenvalue weighted by Crippen LogP contribution is 2.22. The van der Waals surface area contributed by atoms with Crippen molar-refractivity contribution >= 4 is 33.0 Å². The Balaban J connectivity index is 2.16. The Morgan fingerprint density at radius 2 is 2.22 bits per heavy atom. The van der Waals surface area contributed by atoms with E-state index >= 15 is 0 Å². The standard InChI is InChI=1S/C12H12ClFN4O4S/c1-23(19,20)5-4-21-12-10(17-22-18-12)11(15)16-7-2-3-9(14)8(13)6-7/h2-3,6H,4-5H2,1H3,(H2,15,16). The summed E-state index contributed by atoms with van der Waals surface area (Å²) in [6.07, 6.45) is 1.08. The van der Waals surface area contributed by atoms with Crippen LogP contribution in [-0.2, 0) is 9.84 Å². The molecule has 8 nitrogen and oxygen atoms in total. The lowest BCUT2D eigenvalue weighted by Gasteiger charge is -2.03. The van der Waals surface area contributed by atoms with Crippen LogP contribution in [0.1, 0.15) is 5.69 Å². The number of hydrogen-bond donors (Lipinski definition) is 1. The monoisotopic (exact) mass is 362 g/mol. The van der Waals surface area contributed by atoms with Crippen LogP contribution in [0.3, 0.4) is 0 Å². The molecule has 0 saturated heterocycles. The van der Waals surface area contributed by atoms with Gasteiger partial charge < -0.3 is 10.5 Å². The molecule has 0 fully saturated rings.